The lowest BCUT2D eigenvalue weighted by Gasteiger charge is -2.43. The van der Waals surface area contributed by atoms with Gasteiger partial charge in [0, 0.05) is 6.61 Å². The number of hydrogen-bond donors (Lipinski definition) is 0. The zero-order valence-electron chi connectivity index (χ0n) is 15.5. The second-order valence-electron chi connectivity index (χ2n) is 7.18. The van der Waals surface area contributed by atoms with Gasteiger partial charge >= 0.3 is 0 Å². The molecule has 2 rings (SSSR count). The highest BCUT2D eigenvalue weighted by atomic mass is 28.4. The summed E-state index contributed by atoms with van der Waals surface area (Å²) in [5.41, 5.74) is 0. The van der Waals surface area contributed by atoms with Gasteiger partial charge in [-0.2, -0.15) is 0 Å². The van der Waals surface area contributed by atoms with Crippen LogP contribution in [0.25, 0.3) is 0 Å². The minimum atomic E-state index is -2.34. The van der Waals surface area contributed by atoms with E-state index in [9.17, 15) is 0 Å². The van der Waals surface area contributed by atoms with Gasteiger partial charge in [0.1, 0.15) is 0 Å². The third-order valence-corrected chi connectivity index (χ3v) is 9.46. The molecule has 0 unspecified atom stereocenters. The Labute approximate surface area is 148 Å². The first-order valence-corrected chi connectivity index (χ1v) is 10.8. The normalized spacial score (nSPS) is 12.7. The van der Waals surface area contributed by atoms with Crippen LogP contribution in [0.15, 0.2) is 72.8 Å². The Kier molecular flexibility index (Phi) is 6.58. The minimum absolute atomic E-state index is 0.0597. The SMILES string of the molecule is CC/C=C\CCO[Si](c1ccccc1)(c1ccccc1)C(C)(C)C. The molecule has 0 atom stereocenters. The Morgan fingerprint density at radius 1 is 0.833 bits per heavy atom. The Bertz CT molecular complexity index is 587. The maximum atomic E-state index is 6.80. The molecule has 128 valence electrons. The monoisotopic (exact) mass is 338 g/mol. The highest BCUT2D eigenvalue weighted by Crippen LogP contribution is 2.36. The van der Waals surface area contributed by atoms with Gasteiger partial charge in [-0.05, 0) is 28.3 Å². The Morgan fingerprint density at radius 2 is 1.33 bits per heavy atom. The molecule has 0 aromatic heterocycles. The standard InChI is InChI=1S/C22H30OSi/c1-5-6-7-14-19-23-24(22(2,3)4,20-15-10-8-11-16-20)21-17-12-9-13-18-21/h6-13,15-18H,5,14,19H2,1-4H3/b7-6-. The van der Waals surface area contributed by atoms with E-state index in [2.05, 4.69) is 101 Å². The number of allylic oxidation sites excluding steroid dienone is 1. The molecule has 2 heteroatoms. The Hall–Kier alpha value is -1.64. The van der Waals surface area contributed by atoms with E-state index in [0.29, 0.717) is 0 Å². The molecule has 0 bridgehead atoms. The van der Waals surface area contributed by atoms with Crippen molar-refractivity contribution < 1.29 is 4.43 Å². The molecular formula is C22H30OSi. The maximum Gasteiger partial charge on any atom is 0.261 e. The lowest BCUT2D eigenvalue weighted by molar-refractivity contribution is 0.304. The fourth-order valence-electron chi connectivity index (χ4n) is 3.33. The van der Waals surface area contributed by atoms with E-state index in [1.54, 1.807) is 0 Å². The quantitative estimate of drug-likeness (QED) is 0.395. The smallest absolute Gasteiger partial charge is 0.261 e. The maximum absolute atomic E-state index is 6.80. The van der Waals surface area contributed by atoms with E-state index in [0.717, 1.165) is 19.4 Å². The summed E-state index contributed by atoms with van der Waals surface area (Å²) in [5.74, 6) is 0. The first-order chi connectivity index (χ1) is 11.5. The summed E-state index contributed by atoms with van der Waals surface area (Å²) < 4.78 is 6.80. The number of rotatable bonds is 7. The molecular weight excluding hydrogens is 308 g/mol. The molecule has 2 aromatic carbocycles. The predicted molar refractivity (Wildman–Crippen MR) is 108 cm³/mol. The molecule has 0 radical (unpaired) electrons. The van der Waals surface area contributed by atoms with Crippen molar-refractivity contribution >= 4 is 18.7 Å². The van der Waals surface area contributed by atoms with Gasteiger partial charge < -0.3 is 4.43 Å². The van der Waals surface area contributed by atoms with Gasteiger partial charge in [-0.3, -0.25) is 0 Å². The summed E-state index contributed by atoms with van der Waals surface area (Å²) in [6.07, 6.45) is 6.50. The van der Waals surface area contributed by atoms with Crippen molar-refractivity contribution in [1.82, 2.24) is 0 Å². The van der Waals surface area contributed by atoms with Gasteiger partial charge in [-0.25, -0.2) is 0 Å². The zero-order valence-corrected chi connectivity index (χ0v) is 16.5. The van der Waals surface area contributed by atoms with E-state index in [4.69, 9.17) is 4.43 Å². The molecule has 0 aliphatic carbocycles. The predicted octanol–water partition coefficient (Wildman–Crippen LogP) is 4.92. The highest BCUT2D eigenvalue weighted by Gasteiger charge is 2.49. The van der Waals surface area contributed by atoms with Crippen LogP contribution in [0.1, 0.15) is 40.5 Å². The van der Waals surface area contributed by atoms with Crippen LogP contribution in [-0.2, 0) is 4.43 Å². The Balaban J connectivity index is 2.47. The average molecular weight is 339 g/mol. The van der Waals surface area contributed by atoms with E-state index in [1.807, 2.05) is 0 Å². The van der Waals surface area contributed by atoms with Crippen LogP contribution in [0.5, 0.6) is 0 Å². The van der Waals surface area contributed by atoms with Crippen molar-refractivity contribution in [2.75, 3.05) is 6.61 Å². The minimum Gasteiger partial charge on any atom is -0.407 e. The molecule has 0 fully saturated rings. The fraction of sp³-hybridized carbons (Fsp3) is 0.364. The summed E-state index contributed by atoms with van der Waals surface area (Å²) in [7, 11) is -2.34. The van der Waals surface area contributed by atoms with Crippen LogP contribution in [0.4, 0.5) is 0 Å². The Morgan fingerprint density at radius 3 is 1.75 bits per heavy atom. The van der Waals surface area contributed by atoms with Gasteiger partial charge in [-0.1, -0.05) is 101 Å². The second-order valence-corrected chi connectivity index (χ2v) is 11.5. The van der Waals surface area contributed by atoms with Crippen molar-refractivity contribution in [2.45, 2.75) is 45.6 Å². The zero-order chi connectivity index (χ0) is 17.5. The molecule has 0 N–H and O–H groups in total. The van der Waals surface area contributed by atoms with Gasteiger partial charge in [-0.15, -0.1) is 0 Å². The molecule has 0 saturated carbocycles. The largest absolute Gasteiger partial charge is 0.407 e. The lowest BCUT2D eigenvalue weighted by atomic mass is 10.2. The number of benzene rings is 2. The van der Waals surface area contributed by atoms with Crippen LogP contribution in [-0.4, -0.2) is 14.9 Å². The van der Waals surface area contributed by atoms with Gasteiger partial charge in [0.05, 0.1) is 0 Å². The van der Waals surface area contributed by atoms with Crippen molar-refractivity contribution in [3.8, 4) is 0 Å². The highest BCUT2D eigenvalue weighted by molar-refractivity contribution is 6.99. The van der Waals surface area contributed by atoms with E-state index < -0.39 is 8.32 Å². The molecule has 0 saturated heterocycles. The molecule has 0 aliphatic heterocycles. The van der Waals surface area contributed by atoms with E-state index in [1.165, 1.54) is 10.4 Å². The number of hydrogen-bond acceptors (Lipinski definition) is 1. The van der Waals surface area contributed by atoms with Crippen molar-refractivity contribution in [3.05, 3.63) is 72.8 Å². The molecule has 24 heavy (non-hydrogen) atoms. The molecule has 1 nitrogen and oxygen atoms in total. The topological polar surface area (TPSA) is 9.23 Å². The summed E-state index contributed by atoms with van der Waals surface area (Å²) >= 11 is 0. The van der Waals surface area contributed by atoms with E-state index in [-0.39, 0.29) is 5.04 Å². The van der Waals surface area contributed by atoms with E-state index >= 15 is 0 Å². The summed E-state index contributed by atoms with van der Waals surface area (Å²) in [5, 5.41) is 2.76. The van der Waals surface area contributed by atoms with Crippen LogP contribution in [0.3, 0.4) is 0 Å². The first kappa shape index (κ1) is 18.7. The van der Waals surface area contributed by atoms with Crippen LogP contribution in [0.2, 0.25) is 5.04 Å². The van der Waals surface area contributed by atoms with Crippen molar-refractivity contribution in [2.24, 2.45) is 0 Å². The van der Waals surface area contributed by atoms with Crippen molar-refractivity contribution in [3.63, 3.8) is 0 Å². The summed E-state index contributed by atoms with van der Waals surface area (Å²) in [4.78, 5) is 0. The third kappa shape index (κ3) is 4.06. The van der Waals surface area contributed by atoms with Gasteiger partial charge in [0.2, 0.25) is 0 Å². The van der Waals surface area contributed by atoms with Gasteiger partial charge in [0.25, 0.3) is 8.32 Å². The third-order valence-electron chi connectivity index (χ3n) is 4.42. The average Bonchev–Trinajstić information content (AvgIpc) is 2.59. The molecule has 0 spiro atoms. The first-order valence-electron chi connectivity index (χ1n) is 8.92. The molecule has 0 aliphatic rings. The lowest BCUT2D eigenvalue weighted by Crippen LogP contribution is -2.66. The summed E-state index contributed by atoms with van der Waals surface area (Å²) in [6, 6.07) is 21.7. The summed E-state index contributed by atoms with van der Waals surface area (Å²) in [6.45, 7) is 9.90. The second kappa shape index (κ2) is 8.45. The van der Waals surface area contributed by atoms with Crippen LogP contribution >= 0.6 is 0 Å². The van der Waals surface area contributed by atoms with Crippen molar-refractivity contribution in [1.29, 1.82) is 0 Å². The fourth-order valence-corrected chi connectivity index (χ4v) is 7.91. The molecule has 2 aromatic rings. The van der Waals surface area contributed by atoms with Gasteiger partial charge in [0.15, 0.2) is 0 Å². The molecule has 0 heterocycles. The van der Waals surface area contributed by atoms with Crippen LogP contribution < -0.4 is 10.4 Å². The van der Waals surface area contributed by atoms with Crippen LogP contribution in [0, 0.1) is 0 Å². The molecule has 0 amide bonds.